The van der Waals surface area contributed by atoms with E-state index in [9.17, 15) is 0 Å². The van der Waals surface area contributed by atoms with E-state index in [1.807, 2.05) is 13.0 Å². The number of unbranched alkanes of at least 4 members (excludes halogenated alkanes) is 1. The van der Waals surface area contributed by atoms with E-state index >= 15 is 0 Å². The molecule has 62 valence electrons. The van der Waals surface area contributed by atoms with E-state index in [4.69, 9.17) is 4.52 Å². The summed E-state index contributed by atoms with van der Waals surface area (Å²) in [5.41, 5.74) is 1.07. The molecule has 0 atom stereocenters. The van der Waals surface area contributed by atoms with Crippen LogP contribution in [0.3, 0.4) is 0 Å². The van der Waals surface area contributed by atoms with Gasteiger partial charge in [-0.1, -0.05) is 21.1 Å². The van der Waals surface area contributed by atoms with Crippen LogP contribution in [0.2, 0.25) is 0 Å². The van der Waals surface area contributed by atoms with E-state index in [0.29, 0.717) is 0 Å². The quantitative estimate of drug-likeness (QED) is 0.573. The van der Waals surface area contributed by atoms with Gasteiger partial charge in [0.2, 0.25) is 0 Å². The normalized spacial score (nSPS) is 10.4. The Morgan fingerprint density at radius 1 is 1.55 bits per heavy atom. The Kier molecular flexibility index (Phi) is 3.63. The topological polar surface area (TPSA) is 26.0 Å². The molecule has 11 heavy (non-hydrogen) atoms. The van der Waals surface area contributed by atoms with Gasteiger partial charge in [0.1, 0.15) is 5.76 Å². The Hall–Kier alpha value is -0.310. The van der Waals surface area contributed by atoms with Gasteiger partial charge in [-0.15, -0.1) is 0 Å². The third kappa shape index (κ3) is 3.06. The third-order valence-corrected chi connectivity index (χ3v) is 2.05. The molecule has 1 aromatic rings. The maximum atomic E-state index is 4.93. The van der Waals surface area contributed by atoms with Crippen molar-refractivity contribution in [1.82, 2.24) is 5.16 Å². The molecule has 1 aromatic heterocycles. The van der Waals surface area contributed by atoms with Crippen molar-refractivity contribution in [2.75, 3.05) is 5.33 Å². The van der Waals surface area contributed by atoms with Gasteiger partial charge in [0.05, 0.1) is 5.69 Å². The van der Waals surface area contributed by atoms with Crippen LogP contribution in [0.25, 0.3) is 0 Å². The van der Waals surface area contributed by atoms with Crippen molar-refractivity contribution in [3.05, 3.63) is 17.5 Å². The highest BCUT2D eigenvalue weighted by molar-refractivity contribution is 9.09. The lowest BCUT2D eigenvalue weighted by Crippen LogP contribution is -1.85. The Morgan fingerprint density at radius 3 is 2.91 bits per heavy atom. The molecule has 0 radical (unpaired) electrons. The molecule has 1 heterocycles. The van der Waals surface area contributed by atoms with Gasteiger partial charge in [-0.2, -0.15) is 0 Å². The molecule has 1 rings (SSSR count). The van der Waals surface area contributed by atoms with Crippen molar-refractivity contribution in [3.8, 4) is 0 Å². The minimum absolute atomic E-state index is 0.902. The highest BCUT2D eigenvalue weighted by Gasteiger charge is 1.98. The van der Waals surface area contributed by atoms with Gasteiger partial charge < -0.3 is 4.52 Å². The van der Waals surface area contributed by atoms with Gasteiger partial charge in [-0.3, -0.25) is 0 Å². The molecule has 0 bridgehead atoms. The van der Waals surface area contributed by atoms with E-state index in [2.05, 4.69) is 21.1 Å². The summed E-state index contributed by atoms with van der Waals surface area (Å²) in [6, 6.07) is 1.99. The number of aryl methyl sites for hydroxylation is 2. The van der Waals surface area contributed by atoms with Gasteiger partial charge in [0.25, 0.3) is 0 Å². The first-order chi connectivity index (χ1) is 5.33. The lowest BCUT2D eigenvalue weighted by atomic mass is 10.2. The molecule has 0 fully saturated rings. The number of nitrogens with zero attached hydrogens (tertiary/aromatic N) is 1. The zero-order chi connectivity index (χ0) is 8.10. The summed E-state index contributed by atoms with van der Waals surface area (Å²) in [6.45, 7) is 1.92. The fourth-order valence-electron chi connectivity index (χ4n) is 0.936. The average molecular weight is 218 g/mol. The molecule has 0 unspecified atom stereocenters. The number of halogens is 1. The summed E-state index contributed by atoms with van der Waals surface area (Å²) in [6.07, 6.45) is 3.41. The summed E-state index contributed by atoms with van der Waals surface area (Å²) in [5, 5.41) is 4.97. The monoisotopic (exact) mass is 217 g/mol. The predicted octanol–water partition coefficient (Wildman–Crippen LogP) is 2.70. The van der Waals surface area contributed by atoms with Crippen LogP contribution in [0.4, 0.5) is 0 Å². The Balaban J connectivity index is 2.27. The summed E-state index contributed by atoms with van der Waals surface area (Å²) < 4.78 is 4.93. The van der Waals surface area contributed by atoms with E-state index < -0.39 is 0 Å². The fourth-order valence-corrected chi connectivity index (χ4v) is 1.33. The SMILES string of the molecule is Cc1cc(CCCCBr)no1. The molecule has 0 N–H and O–H groups in total. The average Bonchev–Trinajstić information content (AvgIpc) is 2.37. The Morgan fingerprint density at radius 2 is 2.36 bits per heavy atom. The van der Waals surface area contributed by atoms with Crippen LogP contribution in [0.1, 0.15) is 24.3 Å². The first-order valence-corrected chi connectivity index (χ1v) is 4.93. The third-order valence-electron chi connectivity index (χ3n) is 1.49. The first-order valence-electron chi connectivity index (χ1n) is 3.81. The minimum Gasteiger partial charge on any atom is -0.361 e. The molecule has 0 aliphatic heterocycles. The Labute approximate surface area is 75.1 Å². The number of alkyl halides is 1. The lowest BCUT2D eigenvalue weighted by Gasteiger charge is -1.91. The van der Waals surface area contributed by atoms with Crippen LogP contribution in [-0.2, 0) is 6.42 Å². The molecule has 0 aromatic carbocycles. The molecule has 0 saturated heterocycles. The molecule has 2 nitrogen and oxygen atoms in total. The lowest BCUT2D eigenvalue weighted by molar-refractivity contribution is 0.390. The second-order valence-electron chi connectivity index (χ2n) is 2.57. The molecule has 0 amide bonds. The number of hydrogen-bond donors (Lipinski definition) is 0. The van der Waals surface area contributed by atoms with Crippen LogP contribution >= 0.6 is 15.9 Å². The smallest absolute Gasteiger partial charge is 0.133 e. The number of aromatic nitrogens is 1. The van der Waals surface area contributed by atoms with E-state index in [1.165, 1.54) is 12.8 Å². The van der Waals surface area contributed by atoms with Crippen LogP contribution < -0.4 is 0 Å². The molecular formula is C8H12BrNO. The fraction of sp³-hybridized carbons (Fsp3) is 0.625. The number of hydrogen-bond acceptors (Lipinski definition) is 2. The van der Waals surface area contributed by atoms with Crippen molar-refractivity contribution in [3.63, 3.8) is 0 Å². The largest absolute Gasteiger partial charge is 0.361 e. The van der Waals surface area contributed by atoms with Crippen LogP contribution in [0.15, 0.2) is 10.6 Å². The predicted molar refractivity (Wildman–Crippen MR) is 48.0 cm³/mol. The van der Waals surface area contributed by atoms with Gasteiger partial charge in [0.15, 0.2) is 0 Å². The Bertz CT molecular complexity index is 210. The maximum Gasteiger partial charge on any atom is 0.133 e. The number of rotatable bonds is 4. The van der Waals surface area contributed by atoms with Crippen molar-refractivity contribution >= 4 is 15.9 Å². The van der Waals surface area contributed by atoms with Crippen molar-refractivity contribution in [2.24, 2.45) is 0 Å². The van der Waals surface area contributed by atoms with Crippen molar-refractivity contribution in [1.29, 1.82) is 0 Å². The van der Waals surface area contributed by atoms with Gasteiger partial charge in [-0.05, 0) is 26.2 Å². The zero-order valence-electron chi connectivity index (χ0n) is 6.64. The maximum absolute atomic E-state index is 4.93. The van der Waals surface area contributed by atoms with E-state index in [0.717, 1.165) is 23.2 Å². The molecule has 0 aliphatic rings. The van der Waals surface area contributed by atoms with Crippen LogP contribution in [0.5, 0.6) is 0 Å². The zero-order valence-corrected chi connectivity index (χ0v) is 8.23. The summed E-state index contributed by atoms with van der Waals surface area (Å²) >= 11 is 3.38. The van der Waals surface area contributed by atoms with Gasteiger partial charge in [-0.25, -0.2) is 0 Å². The van der Waals surface area contributed by atoms with E-state index in [-0.39, 0.29) is 0 Å². The van der Waals surface area contributed by atoms with Gasteiger partial charge in [0, 0.05) is 11.4 Å². The highest BCUT2D eigenvalue weighted by Crippen LogP contribution is 2.06. The van der Waals surface area contributed by atoms with Crippen LogP contribution in [0, 0.1) is 6.92 Å². The van der Waals surface area contributed by atoms with Crippen LogP contribution in [-0.4, -0.2) is 10.5 Å². The van der Waals surface area contributed by atoms with Crippen molar-refractivity contribution < 1.29 is 4.52 Å². The second-order valence-corrected chi connectivity index (χ2v) is 3.37. The van der Waals surface area contributed by atoms with E-state index in [1.54, 1.807) is 0 Å². The standard InChI is InChI=1S/C8H12BrNO/c1-7-6-8(10-11-7)4-2-3-5-9/h6H,2-5H2,1H3. The van der Waals surface area contributed by atoms with Crippen molar-refractivity contribution in [2.45, 2.75) is 26.2 Å². The molecule has 0 aliphatic carbocycles. The molecule has 0 spiro atoms. The summed E-state index contributed by atoms with van der Waals surface area (Å²) in [7, 11) is 0. The molecule has 0 saturated carbocycles. The van der Waals surface area contributed by atoms with Gasteiger partial charge >= 0.3 is 0 Å². The second kappa shape index (κ2) is 4.54. The molecular weight excluding hydrogens is 206 g/mol. The minimum atomic E-state index is 0.902. The first kappa shape index (κ1) is 8.78. The molecule has 3 heteroatoms. The highest BCUT2D eigenvalue weighted by atomic mass is 79.9. The summed E-state index contributed by atoms with van der Waals surface area (Å²) in [5.74, 6) is 0.902. The summed E-state index contributed by atoms with van der Waals surface area (Å²) in [4.78, 5) is 0.